The predicted molar refractivity (Wildman–Crippen MR) is 141 cm³/mol. The van der Waals surface area contributed by atoms with Crippen LogP contribution in [0.25, 0.3) is 0 Å². The van der Waals surface area contributed by atoms with Gasteiger partial charge in [0.25, 0.3) is 5.91 Å². The highest BCUT2D eigenvalue weighted by atomic mass is 16.7. The molecule has 3 aromatic rings. The highest BCUT2D eigenvalue weighted by molar-refractivity contribution is 5.96. The van der Waals surface area contributed by atoms with Crippen LogP contribution in [0.15, 0.2) is 65.3 Å². The van der Waals surface area contributed by atoms with E-state index >= 15 is 0 Å². The number of amides is 2. The van der Waals surface area contributed by atoms with E-state index in [1.807, 2.05) is 62.4 Å². The molecular formula is C30H36N2O5. The number of aryl methyl sites for hydroxylation is 1. The van der Waals surface area contributed by atoms with Gasteiger partial charge in [-0.1, -0.05) is 38.0 Å². The van der Waals surface area contributed by atoms with Gasteiger partial charge >= 0.3 is 0 Å². The van der Waals surface area contributed by atoms with E-state index in [0.717, 1.165) is 18.4 Å². The monoisotopic (exact) mass is 504 g/mol. The van der Waals surface area contributed by atoms with Gasteiger partial charge in [0.2, 0.25) is 12.7 Å². The standard InChI is InChI=1S/C30H36N2O5/c1-4-5-6-8-23-10-13-25(14-11-23)30(34)32(22(2)3)20-29(33)31(19-26-9-7-16-35-26)18-24-12-15-27-28(17-24)37-21-36-27/h7,9-17,22H,4-6,8,18-21H2,1-3H3. The van der Waals surface area contributed by atoms with Crippen molar-refractivity contribution >= 4 is 11.8 Å². The first kappa shape index (κ1) is 26.3. The third-order valence-electron chi connectivity index (χ3n) is 6.55. The molecule has 7 heteroatoms. The van der Waals surface area contributed by atoms with Gasteiger partial charge in [0.1, 0.15) is 12.3 Å². The Balaban J connectivity index is 1.48. The molecule has 0 spiro atoms. The van der Waals surface area contributed by atoms with Crippen LogP contribution in [0.2, 0.25) is 0 Å². The quantitative estimate of drug-likeness (QED) is 0.291. The summed E-state index contributed by atoms with van der Waals surface area (Å²) in [6.07, 6.45) is 6.13. The number of furan rings is 1. The molecule has 0 saturated heterocycles. The van der Waals surface area contributed by atoms with Crippen molar-refractivity contribution in [1.82, 2.24) is 9.80 Å². The zero-order chi connectivity index (χ0) is 26.2. The van der Waals surface area contributed by atoms with Crippen molar-refractivity contribution in [3.8, 4) is 11.5 Å². The van der Waals surface area contributed by atoms with Gasteiger partial charge in [0, 0.05) is 18.2 Å². The molecule has 0 radical (unpaired) electrons. The Labute approximate surface area is 219 Å². The lowest BCUT2D eigenvalue weighted by atomic mass is 10.0. The Kier molecular flexibility index (Phi) is 8.88. The molecule has 2 aromatic carbocycles. The summed E-state index contributed by atoms with van der Waals surface area (Å²) in [5.74, 6) is 1.73. The van der Waals surface area contributed by atoms with Crippen molar-refractivity contribution in [3.63, 3.8) is 0 Å². The average molecular weight is 505 g/mol. The Morgan fingerprint density at radius 1 is 0.919 bits per heavy atom. The summed E-state index contributed by atoms with van der Waals surface area (Å²) in [6.45, 7) is 6.86. The van der Waals surface area contributed by atoms with Crippen LogP contribution in [0.3, 0.4) is 0 Å². The molecule has 2 heterocycles. The van der Waals surface area contributed by atoms with E-state index in [1.165, 1.54) is 18.4 Å². The second-order valence-electron chi connectivity index (χ2n) is 9.70. The summed E-state index contributed by atoms with van der Waals surface area (Å²) in [7, 11) is 0. The molecule has 37 heavy (non-hydrogen) atoms. The predicted octanol–water partition coefficient (Wildman–Crippen LogP) is 5.82. The van der Waals surface area contributed by atoms with Gasteiger partial charge in [0.05, 0.1) is 12.8 Å². The van der Waals surface area contributed by atoms with E-state index in [9.17, 15) is 9.59 Å². The van der Waals surface area contributed by atoms with E-state index in [0.29, 0.717) is 35.9 Å². The fourth-order valence-electron chi connectivity index (χ4n) is 4.38. The molecule has 0 unspecified atom stereocenters. The molecule has 0 bridgehead atoms. The van der Waals surface area contributed by atoms with Crippen LogP contribution in [0.4, 0.5) is 0 Å². The van der Waals surface area contributed by atoms with E-state index < -0.39 is 0 Å². The lowest BCUT2D eigenvalue weighted by Gasteiger charge is -2.30. The van der Waals surface area contributed by atoms with Gasteiger partial charge < -0.3 is 23.7 Å². The summed E-state index contributed by atoms with van der Waals surface area (Å²) >= 11 is 0. The van der Waals surface area contributed by atoms with Crippen LogP contribution in [-0.2, 0) is 24.3 Å². The van der Waals surface area contributed by atoms with Gasteiger partial charge in [-0.25, -0.2) is 0 Å². The first-order valence-corrected chi connectivity index (χ1v) is 13.0. The number of nitrogens with zero attached hydrogens (tertiary/aromatic N) is 2. The summed E-state index contributed by atoms with van der Waals surface area (Å²) in [5.41, 5.74) is 2.73. The molecule has 1 aliphatic heterocycles. The minimum atomic E-state index is -0.160. The summed E-state index contributed by atoms with van der Waals surface area (Å²) < 4.78 is 16.4. The van der Waals surface area contributed by atoms with E-state index in [-0.39, 0.29) is 31.2 Å². The molecule has 4 rings (SSSR count). The molecule has 7 nitrogen and oxygen atoms in total. The molecule has 0 aliphatic carbocycles. The van der Waals surface area contributed by atoms with Gasteiger partial charge in [-0.2, -0.15) is 0 Å². The molecule has 1 aromatic heterocycles. The molecule has 196 valence electrons. The van der Waals surface area contributed by atoms with Crippen LogP contribution in [0.5, 0.6) is 11.5 Å². The molecule has 0 N–H and O–H groups in total. The van der Waals surface area contributed by atoms with Crippen LogP contribution in [0, 0.1) is 0 Å². The normalized spacial score (nSPS) is 12.1. The highest BCUT2D eigenvalue weighted by Crippen LogP contribution is 2.33. The summed E-state index contributed by atoms with van der Waals surface area (Å²) in [6, 6.07) is 16.9. The van der Waals surface area contributed by atoms with Crippen LogP contribution >= 0.6 is 0 Å². The highest BCUT2D eigenvalue weighted by Gasteiger charge is 2.26. The number of unbranched alkanes of at least 4 members (excludes halogenated alkanes) is 2. The fraction of sp³-hybridized carbons (Fsp3) is 0.400. The largest absolute Gasteiger partial charge is 0.467 e. The molecular weight excluding hydrogens is 468 g/mol. The number of carbonyl (C=O) groups excluding carboxylic acids is 2. The van der Waals surface area contributed by atoms with Crippen molar-refractivity contribution in [3.05, 3.63) is 83.3 Å². The first-order chi connectivity index (χ1) is 17.9. The Hall–Kier alpha value is -3.74. The molecule has 0 atom stereocenters. The van der Waals surface area contributed by atoms with E-state index in [1.54, 1.807) is 22.1 Å². The third-order valence-corrected chi connectivity index (χ3v) is 6.55. The minimum absolute atomic E-state index is 0.0278. The first-order valence-electron chi connectivity index (χ1n) is 13.0. The number of rotatable bonds is 12. The average Bonchev–Trinajstić information content (AvgIpc) is 3.58. The van der Waals surface area contributed by atoms with Crippen LogP contribution < -0.4 is 9.47 Å². The van der Waals surface area contributed by atoms with Gasteiger partial charge in [-0.05, 0) is 74.2 Å². The van der Waals surface area contributed by atoms with E-state index in [4.69, 9.17) is 13.9 Å². The maximum atomic E-state index is 13.6. The lowest BCUT2D eigenvalue weighted by molar-refractivity contribution is -0.133. The smallest absolute Gasteiger partial charge is 0.254 e. The number of fused-ring (bicyclic) bond motifs is 1. The Morgan fingerprint density at radius 2 is 1.68 bits per heavy atom. The second kappa shape index (κ2) is 12.5. The van der Waals surface area contributed by atoms with Crippen LogP contribution in [0.1, 0.15) is 67.3 Å². The second-order valence-corrected chi connectivity index (χ2v) is 9.70. The number of hydrogen-bond donors (Lipinski definition) is 0. The Morgan fingerprint density at radius 3 is 2.38 bits per heavy atom. The lowest BCUT2D eigenvalue weighted by Crippen LogP contribution is -2.45. The van der Waals surface area contributed by atoms with Crippen molar-refractivity contribution in [2.75, 3.05) is 13.3 Å². The number of ether oxygens (including phenoxy) is 2. The number of benzene rings is 2. The van der Waals surface area contributed by atoms with Crippen molar-refractivity contribution in [1.29, 1.82) is 0 Å². The molecule has 1 aliphatic rings. The van der Waals surface area contributed by atoms with Crippen molar-refractivity contribution < 1.29 is 23.5 Å². The SMILES string of the molecule is CCCCCc1ccc(C(=O)N(CC(=O)N(Cc2ccc3c(c2)OCO3)Cc2ccco2)C(C)C)cc1. The maximum Gasteiger partial charge on any atom is 0.254 e. The van der Waals surface area contributed by atoms with Crippen molar-refractivity contribution in [2.24, 2.45) is 0 Å². The van der Waals surface area contributed by atoms with Gasteiger partial charge in [-0.3, -0.25) is 9.59 Å². The van der Waals surface area contributed by atoms with E-state index in [2.05, 4.69) is 6.92 Å². The van der Waals surface area contributed by atoms with Crippen molar-refractivity contribution in [2.45, 2.75) is 65.6 Å². The summed E-state index contributed by atoms with van der Waals surface area (Å²) in [4.78, 5) is 30.4. The zero-order valence-electron chi connectivity index (χ0n) is 21.9. The molecule has 0 saturated carbocycles. The fourth-order valence-corrected chi connectivity index (χ4v) is 4.38. The summed E-state index contributed by atoms with van der Waals surface area (Å²) in [5, 5.41) is 0. The van der Waals surface area contributed by atoms with Gasteiger partial charge in [-0.15, -0.1) is 0 Å². The number of carbonyl (C=O) groups is 2. The maximum absolute atomic E-state index is 13.6. The third kappa shape index (κ3) is 6.94. The molecule has 0 fully saturated rings. The van der Waals surface area contributed by atoms with Crippen LogP contribution in [-0.4, -0.2) is 41.0 Å². The topological polar surface area (TPSA) is 72.2 Å². The molecule has 2 amide bonds. The Bertz CT molecular complexity index is 1170. The minimum Gasteiger partial charge on any atom is -0.467 e. The number of hydrogen-bond acceptors (Lipinski definition) is 5. The zero-order valence-corrected chi connectivity index (χ0v) is 21.9. The van der Waals surface area contributed by atoms with Gasteiger partial charge in [0.15, 0.2) is 11.5 Å².